The second kappa shape index (κ2) is 11.2. The van der Waals surface area contributed by atoms with Crippen LogP contribution in [0.1, 0.15) is 61.9 Å². The van der Waals surface area contributed by atoms with E-state index in [0.717, 1.165) is 69.4 Å². The maximum atomic E-state index is 12.8. The molecule has 2 unspecified atom stereocenters. The number of imidazole rings is 1. The van der Waals surface area contributed by atoms with Gasteiger partial charge < -0.3 is 5.73 Å². The first-order valence-electron chi connectivity index (χ1n) is 12.1. The summed E-state index contributed by atoms with van der Waals surface area (Å²) in [6, 6.07) is 12.6. The number of nitrogens with zero attached hydrogens (tertiary/aromatic N) is 5. The van der Waals surface area contributed by atoms with Crippen molar-refractivity contribution in [3.8, 4) is 5.95 Å². The summed E-state index contributed by atoms with van der Waals surface area (Å²) < 4.78 is 1.79. The van der Waals surface area contributed by atoms with Crippen LogP contribution >= 0.6 is 0 Å². The van der Waals surface area contributed by atoms with Crippen molar-refractivity contribution in [1.29, 1.82) is 0 Å². The first-order chi connectivity index (χ1) is 16.2. The predicted octanol–water partition coefficient (Wildman–Crippen LogP) is 3.67. The van der Waals surface area contributed by atoms with Gasteiger partial charge in [-0.2, -0.15) is 0 Å². The van der Waals surface area contributed by atoms with Crippen LogP contribution < -0.4 is 5.73 Å². The summed E-state index contributed by atoms with van der Waals surface area (Å²) in [5.74, 6) is -0.221. The minimum Gasteiger partial charge on any atom is -0.369 e. The molecular formula is C26H34N6O. The Morgan fingerprint density at radius 1 is 1.18 bits per heavy atom. The molecule has 1 fully saturated rings. The van der Waals surface area contributed by atoms with Crippen LogP contribution in [0.3, 0.4) is 0 Å². The van der Waals surface area contributed by atoms with Gasteiger partial charge in [0.1, 0.15) is 6.33 Å². The number of benzene rings is 1. The van der Waals surface area contributed by atoms with Crippen molar-refractivity contribution in [3.63, 3.8) is 0 Å². The first-order valence-corrected chi connectivity index (χ1v) is 12.1. The third kappa shape index (κ3) is 5.85. The van der Waals surface area contributed by atoms with Gasteiger partial charge in [-0.3, -0.25) is 14.3 Å². The Bertz CT molecular complexity index is 1020. The molecule has 7 heteroatoms. The lowest BCUT2D eigenvalue weighted by atomic mass is 9.86. The molecule has 33 heavy (non-hydrogen) atoms. The molecule has 1 saturated heterocycles. The van der Waals surface area contributed by atoms with Crippen LogP contribution in [0.25, 0.3) is 5.95 Å². The van der Waals surface area contributed by atoms with Crippen LogP contribution in [0.15, 0.2) is 55.1 Å². The van der Waals surface area contributed by atoms with E-state index in [0.29, 0.717) is 5.95 Å². The fourth-order valence-corrected chi connectivity index (χ4v) is 4.88. The number of nitrogens with two attached hydrogens (primary N) is 1. The van der Waals surface area contributed by atoms with Crippen LogP contribution in [0, 0.1) is 0 Å². The van der Waals surface area contributed by atoms with E-state index >= 15 is 0 Å². The minimum absolute atomic E-state index is 0.0621. The number of carbonyl (C=O) groups is 1. The average molecular weight is 447 g/mol. The molecule has 2 atom stereocenters. The monoisotopic (exact) mass is 446 g/mol. The van der Waals surface area contributed by atoms with Crippen LogP contribution in [-0.2, 0) is 17.6 Å². The van der Waals surface area contributed by atoms with E-state index in [-0.39, 0.29) is 11.9 Å². The molecule has 3 heterocycles. The van der Waals surface area contributed by atoms with E-state index in [1.807, 2.05) is 18.3 Å². The van der Waals surface area contributed by atoms with Gasteiger partial charge in [0, 0.05) is 24.1 Å². The standard InChI is InChI=1S/C26H34N6O/c1-2-9-21-18-22(30-26(29-21)32-17-14-28-19-32)24(25(27)33)23-13-6-7-15-31(23)16-8-12-20-10-4-3-5-11-20/h3-5,10-11,14,17-19,23-24H,2,6-9,12-13,15-16H2,1H3,(H2,27,33). The normalized spacial score (nSPS) is 17.7. The number of likely N-dealkylation sites (tertiary alicyclic amines) is 1. The summed E-state index contributed by atoms with van der Waals surface area (Å²) in [4.78, 5) is 28.9. The van der Waals surface area contributed by atoms with Gasteiger partial charge in [-0.05, 0) is 56.8 Å². The highest BCUT2D eigenvalue weighted by Crippen LogP contribution is 2.31. The molecule has 1 aliphatic heterocycles. The lowest BCUT2D eigenvalue weighted by molar-refractivity contribution is -0.121. The smallest absolute Gasteiger partial charge is 0.235 e. The molecular weight excluding hydrogens is 412 g/mol. The van der Waals surface area contributed by atoms with E-state index in [1.54, 1.807) is 17.1 Å². The van der Waals surface area contributed by atoms with Crippen LogP contribution in [0.5, 0.6) is 0 Å². The van der Waals surface area contributed by atoms with E-state index in [9.17, 15) is 4.79 Å². The van der Waals surface area contributed by atoms with Crippen molar-refractivity contribution in [3.05, 3.63) is 72.1 Å². The van der Waals surface area contributed by atoms with Gasteiger partial charge in [0.15, 0.2) is 0 Å². The van der Waals surface area contributed by atoms with Crippen LogP contribution in [-0.4, -0.2) is 49.5 Å². The molecule has 174 valence electrons. The maximum absolute atomic E-state index is 12.8. The SMILES string of the molecule is CCCc1cc(C(C(N)=O)C2CCCCN2CCCc2ccccc2)nc(-n2ccnc2)n1. The minimum atomic E-state index is -0.456. The highest BCUT2D eigenvalue weighted by Gasteiger charge is 2.35. The lowest BCUT2D eigenvalue weighted by Gasteiger charge is -2.39. The van der Waals surface area contributed by atoms with Crippen molar-refractivity contribution in [2.24, 2.45) is 5.73 Å². The van der Waals surface area contributed by atoms with Crippen molar-refractivity contribution in [2.45, 2.75) is 63.8 Å². The van der Waals surface area contributed by atoms with Crippen molar-refractivity contribution >= 4 is 5.91 Å². The Morgan fingerprint density at radius 2 is 2.03 bits per heavy atom. The number of rotatable bonds is 10. The number of hydrogen-bond acceptors (Lipinski definition) is 5. The highest BCUT2D eigenvalue weighted by molar-refractivity contribution is 5.82. The number of aromatic nitrogens is 4. The molecule has 2 N–H and O–H groups in total. The number of amides is 1. The van der Waals surface area contributed by atoms with Gasteiger partial charge in [0.2, 0.25) is 11.9 Å². The molecule has 1 aromatic carbocycles. The molecule has 0 saturated carbocycles. The number of carbonyl (C=O) groups excluding carboxylic acids is 1. The molecule has 0 spiro atoms. The lowest BCUT2D eigenvalue weighted by Crippen LogP contribution is -2.47. The Balaban J connectivity index is 1.58. The highest BCUT2D eigenvalue weighted by atomic mass is 16.1. The topological polar surface area (TPSA) is 89.9 Å². The maximum Gasteiger partial charge on any atom is 0.235 e. The molecule has 0 aliphatic carbocycles. The zero-order valence-electron chi connectivity index (χ0n) is 19.4. The first kappa shape index (κ1) is 23.1. The zero-order valence-corrected chi connectivity index (χ0v) is 19.4. The number of hydrogen-bond donors (Lipinski definition) is 1. The van der Waals surface area contributed by atoms with Crippen molar-refractivity contribution < 1.29 is 4.79 Å². The summed E-state index contributed by atoms with van der Waals surface area (Å²) >= 11 is 0. The summed E-state index contributed by atoms with van der Waals surface area (Å²) in [7, 11) is 0. The number of aryl methyl sites for hydroxylation is 2. The summed E-state index contributed by atoms with van der Waals surface area (Å²) in [6.45, 7) is 4.06. The molecule has 2 aromatic heterocycles. The molecule has 0 radical (unpaired) electrons. The zero-order chi connectivity index (χ0) is 23.0. The van der Waals surface area contributed by atoms with Crippen molar-refractivity contribution in [1.82, 2.24) is 24.4 Å². The molecule has 1 aliphatic rings. The Labute approximate surface area is 196 Å². The fraction of sp³-hybridized carbons (Fsp3) is 0.462. The fourth-order valence-electron chi connectivity index (χ4n) is 4.88. The third-order valence-corrected chi connectivity index (χ3v) is 6.46. The van der Waals surface area contributed by atoms with Crippen LogP contribution in [0.4, 0.5) is 0 Å². The second-order valence-corrected chi connectivity index (χ2v) is 8.87. The molecule has 7 nitrogen and oxygen atoms in total. The Hall–Kier alpha value is -3.06. The quantitative estimate of drug-likeness (QED) is 0.513. The van der Waals surface area contributed by atoms with Gasteiger partial charge >= 0.3 is 0 Å². The number of primary amides is 1. The van der Waals surface area contributed by atoms with Gasteiger partial charge in [0.25, 0.3) is 0 Å². The average Bonchev–Trinajstić information content (AvgIpc) is 3.36. The third-order valence-electron chi connectivity index (χ3n) is 6.46. The Morgan fingerprint density at radius 3 is 2.76 bits per heavy atom. The summed E-state index contributed by atoms with van der Waals surface area (Å²) in [5.41, 5.74) is 9.04. The van der Waals surface area contributed by atoms with Crippen molar-refractivity contribution in [2.75, 3.05) is 13.1 Å². The van der Waals surface area contributed by atoms with Gasteiger partial charge in [0.05, 0.1) is 11.6 Å². The number of piperidine rings is 1. The van der Waals surface area contributed by atoms with E-state index in [4.69, 9.17) is 15.7 Å². The Kier molecular flexibility index (Phi) is 7.83. The summed E-state index contributed by atoms with van der Waals surface area (Å²) in [6.07, 6.45) is 12.3. The van der Waals surface area contributed by atoms with Gasteiger partial charge in [-0.25, -0.2) is 15.0 Å². The van der Waals surface area contributed by atoms with E-state index in [2.05, 4.69) is 41.1 Å². The molecule has 4 rings (SSSR count). The van der Waals surface area contributed by atoms with Crippen LogP contribution in [0.2, 0.25) is 0 Å². The van der Waals surface area contributed by atoms with Gasteiger partial charge in [-0.1, -0.05) is 50.1 Å². The predicted molar refractivity (Wildman–Crippen MR) is 129 cm³/mol. The molecule has 3 aromatic rings. The molecule has 1 amide bonds. The van der Waals surface area contributed by atoms with Gasteiger partial charge in [-0.15, -0.1) is 0 Å². The second-order valence-electron chi connectivity index (χ2n) is 8.87. The molecule has 0 bridgehead atoms. The van der Waals surface area contributed by atoms with E-state index in [1.165, 1.54) is 5.56 Å². The largest absolute Gasteiger partial charge is 0.369 e. The summed E-state index contributed by atoms with van der Waals surface area (Å²) in [5, 5.41) is 0. The van der Waals surface area contributed by atoms with E-state index < -0.39 is 5.92 Å².